The molecule has 3 aromatic carbocycles. The Kier molecular flexibility index (Phi) is 8.85. The van der Waals surface area contributed by atoms with Crippen LogP contribution >= 0.6 is 35.0 Å². The minimum atomic E-state index is -0.0217. The number of thioether (sulfide) groups is 1. The summed E-state index contributed by atoms with van der Waals surface area (Å²) in [5.41, 5.74) is 2.54. The second-order valence-electron chi connectivity index (χ2n) is 9.79. The summed E-state index contributed by atoms with van der Waals surface area (Å²) in [4.78, 5) is 21.2. The molecule has 1 saturated carbocycles. The van der Waals surface area contributed by atoms with Crippen LogP contribution in [-0.2, 0) is 11.4 Å². The Morgan fingerprint density at radius 2 is 1.79 bits per heavy atom. The summed E-state index contributed by atoms with van der Waals surface area (Å²) in [6, 6.07) is 21.0. The lowest BCUT2D eigenvalue weighted by Gasteiger charge is -2.35. The molecule has 39 heavy (non-hydrogen) atoms. The van der Waals surface area contributed by atoms with Crippen molar-refractivity contribution in [2.45, 2.75) is 45.3 Å². The second kappa shape index (κ2) is 12.5. The molecule has 2 aliphatic rings. The summed E-state index contributed by atoms with van der Waals surface area (Å²) in [6.07, 6.45) is 6.27. The van der Waals surface area contributed by atoms with Crippen LogP contribution in [0.25, 0.3) is 6.08 Å². The van der Waals surface area contributed by atoms with Crippen LogP contribution in [0.5, 0.6) is 11.5 Å². The van der Waals surface area contributed by atoms with Gasteiger partial charge in [-0.15, -0.1) is 0 Å². The number of amides is 1. The van der Waals surface area contributed by atoms with E-state index in [4.69, 9.17) is 37.7 Å². The van der Waals surface area contributed by atoms with Crippen molar-refractivity contribution in [3.8, 4) is 11.5 Å². The van der Waals surface area contributed by atoms with Crippen LogP contribution in [0.2, 0.25) is 10.0 Å². The lowest BCUT2D eigenvalue weighted by atomic mass is 9.85. The van der Waals surface area contributed by atoms with Gasteiger partial charge in [-0.3, -0.25) is 9.69 Å². The van der Waals surface area contributed by atoms with E-state index < -0.39 is 0 Å². The Hall–Kier alpha value is -2.93. The molecule has 0 unspecified atom stereocenters. The SMILES string of the molecule is COc1cc(/C=C2\SC(=Nc3ccccc3)N([C@H]3CCCC[C@H]3C)C2=O)cc(Cl)c1OCc1ccc(Cl)cc1. The van der Waals surface area contributed by atoms with Crippen LogP contribution < -0.4 is 9.47 Å². The molecule has 0 radical (unpaired) electrons. The monoisotopic (exact) mass is 580 g/mol. The molecule has 0 aromatic heterocycles. The molecular formula is C31H30Cl2N2O3S. The van der Waals surface area contributed by atoms with E-state index in [1.54, 1.807) is 13.2 Å². The van der Waals surface area contributed by atoms with Gasteiger partial charge < -0.3 is 9.47 Å². The number of rotatable bonds is 7. The van der Waals surface area contributed by atoms with E-state index in [9.17, 15) is 4.79 Å². The lowest BCUT2D eigenvalue weighted by molar-refractivity contribution is -0.124. The van der Waals surface area contributed by atoms with Crippen molar-refractivity contribution in [1.82, 2.24) is 4.90 Å². The Morgan fingerprint density at radius 1 is 1.05 bits per heavy atom. The second-order valence-corrected chi connectivity index (χ2v) is 11.6. The van der Waals surface area contributed by atoms with Gasteiger partial charge in [0.1, 0.15) is 6.61 Å². The van der Waals surface area contributed by atoms with Crippen molar-refractivity contribution in [3.63, 3.8) is 0 Å². The Labute approximate surface area is 243 Å². The first-order valence-electron chi connectivity index (χ1n) is 13.0. The lowest BCUT2D eigenvalue weighted by Crippen LogP contribution is -2.44. The van der Waals surface area contributed by atoms with E-state index in [2.05, 4.69) is 6.92 Å². The number of carbonyl (C=O) groups excluding carboxylic acids is 1. The first kappa shape index (κ1) is 27.6. The number of carbonyl (C=O) groups is 1. The van der Waals surface area contributed by atoms with Crippen LogP contribution in [0.4, 0.5) is 5.69 Å². The van der Waals surface area contributed by atoms with Crippen molar-refractivity contribution in [2.24, 2.45) is 10.9 Å². The molecule has 1 amide bonds. The maximum absolute atomic E-state index is 13.8. The van der Waals surface area contributed by atoms with Crippen molar-refractivity contribution in [3.05, 3.63) is 92.8 Å². The highest BCUT2D eigenvalue weighted by Crippen LogP contribution is 2.42. The molecule has 0 bridgehead atoms. The minimum Gasteiger partial charge on any atom is -0.493 e. The number of aliphatic imine (C=N–C) groups is 1. The number of amidine groups is 1. The number of methoxy groups -OCH3 is 1. The van der Waals surface area contributed by atoms with Crippen LogP contribution in [0, 0.1) is 5.92 Å². The number of nitrogens with zero attached hydrogens (tertiary/aromatic N) is 2. The Balaban J connectivity index is 1.44. The molecule has 1 aliphatic carbocycles. The quantitative estimate of drug-likeness (QED) is 0.262. The van der Waals surface area contributed by atoms with E-state index in [0.717, 1.165) is 41.2 Å². The third-order valence-electron chi connectivity index (χ3n) is 7.06. The summed E-state index contributed by atoms with van der Waals surface area (Å²) in [5.74, 6) is 1.34. The maximum Gasteiger partial charge on any atom is 0.267 e. The van der Waals surface area contributed by atoms with Crippen molar-refractivity contribution >= 4 is 57.8 Å². The molecule has 1 aliphatic heterocycles. The van der Waals surface area contributed by atoms with Gasteiger partial charge in [0, 0.05) is 11.1 Å². The zero-order valence-corrected chi connectivity index (χ0v) is 24.2. The fourth-order valence-corrected chi connectivity index (χ4v) is 6.45. The zero-order chi connectivity index (χ0) is 27.4. The maximum atomic E-state index is 13.8. The fraction of sp³-hybridized carbons (Fsp3) is 0.290. The van der Waals surface area contributed by atoms with E-state index in [1.807, 2.05) is 71.6 Å². The van der Waals surface area contributed by atoms with E-state index in [0.29, 0.717) is 39.0 Å². The summed E-state index contributed by atoms with van der Waals surface area (Å²) >= 11 is 14.0. The topological polar surface area (TPSA) is 51.1 Å². The molecular weight excluding hydrogens is 551 g/mol. The third kappa shape index (κ3) is 6.46. The number of para-hydroxylation sites is 1. The average molecular weight is 582 g/mol. The fourth-order valence-electron chi connectivity index (χ4n) is 5.00. The number of ether oxygens (including phenoxy) is 2. The molecule has 8 heteroatoms. The molecule has 3 aromatic rings. The van der Waals surface area contributed by atoms with E-state index in [1.165, 1.54) is 18.2 Å². The summed E-state index contributed by atoms with van der Waals surface area (Å²) in [5, 5.41) is 1.79. The molecule has 2 fully saturated rings. The summed E-state index contributed by atoms with van der Waals surface area (Å²) in [6.45, 7) is 2.55. The molecule has 202 valence electrons. The zero-order valence-electron chi connectivity index (χ0n) is 21.9. The van der Waals surface area contributed by atoms with Gasteiger partial charge in [0.15, 0.2) is 16.7 Å². The van der Waals surface area contributed by atoms with Crippen molar-refractivity contribution in [2.75, 3.05) is 7.11 Å². The van der Waals surface area contributed by atoms with E-state index in [-0.39, 0.29) is 11.9 Å². The van der Waals surface area contributed by atoms with Crippen molar-refractivity contribution < 1.29 is 14.3 Å². The Morgan fingerprint density at radius 3 is 2.51 bits per heavy atom. The molecule has 1 saturated heterocycles. The van der Waals surface area contributed by atoms with Crippen LogP contribution in [0.3, 0.4) is 0 Å². The molecule has 1 heterocycles. The highest BCUT2D eigenvalue weighted by atomic mass is 35.5. The number of benzene rings is 3. The van der Waals surface area contributed by atoms with Gasteiger partial charge >= 0.3 is 0 Å². The normalized spacial score (nSPS) is 21.5. The predicted molar refractivity (Wildman–Crippen MR) is 161 cm³/mol. The Bertz CT molecular complexity index is 1390. The number of hydrogen-bond donors (Lipinski definition) is 0. The van der Waals surface area contributed by atoms with Gasteiger partial charge in [-0.25, -0.2) is 4.99 Å². The molecule has 2 atom stereocenters. The minimum absolute atomic E-state index is 0.0217. The van der Waals surface area contributed by atoms with Gasteiger partial charge in [0.2, 0.25) is 0 Å². The van der Waals surface area contributed by atoms with Gasteiger partial charge in [-0.2, -0.15) is 0 Å². The highest BCUT2D eigenvalue weighted by Gasteiger charge is 2.41. The van der Waals surface area contributed by atoms with E-state index >= 15 is 0 Å². The average Bonchev–Trinajstić information content (AvgIpc) is 3.23. The van der Waals surface area contributed by atoms with Crippen LogP contribution in [-0.4, -0.2) is 29.1 Å². The molecule has 5 nitrogen and oxygen atoms in total. The first-order valence-corrected chi connectivity index (χ1v) is 14.6. The molecule has 5 rings (SSSR count). The van der Waals surface area contributed by atoms with Crippen LogP contribution in [0.15, 0.2) is 76.6 Å². The van der Waals surface area contributed by atoms with Gasteiger partial charge in [-0.05, 0) is 84.1 Å². The molecule has 0 N–H and O–H groups in total. The van der Waals surface area contributed by atoms with Gasteiger partial charge in [-0.1, -0.05) is 73.3 Å². The standard InChI is InChI=1S/C31H30Cl2N2O3S/c1-20-8-6-7-11-26(20)35-30(36)28(39-31(35)34-24-9-4-3-5-10-24)18-22-16-25(33)29(27(17-22)37-2)38-19-21-12-14-23(32)15-13-21/h3-5,9-10,12-18,20,26H,6-8,11,19H2,1-2H3/b28-18-,34-31?/t20-,26+/m1/s1. The highest BCUT2D eigenvalue weighted by molar-refractivity contribution is 8.18. The number of halogens is 2. The summed E-state index contributed by atoms with van der Waals surface area (Å²) < 4.78 is 11.6. The van der Waals surface area contributed by atoms with Gasteiger partial charge in [0.25, 0.3) is 5.91 Å². The molecule has 0 spiro atoms. The van der Waals surface area contributed by atoms with Crippen molar-refractivity contribution in [1.29, 1.82) is 0 Å². The summed E-state index contributed by atoms with van der Waals surface area (Å²) in [7, 11) is 1.57. The van der Waals surface area contributed by atoms with Gasteiger partial charge in [0.05, 0.1) is 22.7 Å². The third-order valence-corrected chi connectivity index (χ3v) is 8.58. The van der Waals surface area contributed by atoms with Crippen LogP contribution in [0.1, 0.15) is 43.7 Å². The number of hydrogen-bond acceptors (Lipinski definition) is 5. The smallest absolute Gasteiger partial charge is 0.267 e. The largest absolute Gasteiger partial charge is 0.493 e. The first-order chi connectivity index (χ1) is 18.9. The predicted octanol–water partition coefficient (Wildman–Crippen LogP) is 8.76.